The summed E-state index contributed by atoms with van der Waals surface area (Å²) in [4.78, 5) is 33.3. The molecule has 1 aliphatic heterocycles. The zero-order valence-corrected chi connectivity index (χ0v) is 19.9. The van der Waals surface area contributed by atoms with Crippen molar-refractivity contribution in [1.29, 1.82) is 0 Å². The maximum absolute atomic E-state index is 14.2. The van der Waals surface area contributed by atoms with Gasteiger partial charge in [0.25, 0.3) is 0 Å². The van der Waals surface area contributed by atoms with Gasteiger partial charge in [-0.25, -0.2) is 4.39 Å². The van der Waals surface area contributed by atoms with Crippen molar-refractivity contribution < 1.29 is 14.0 Å². The lowest BCUT2D eigenvalue weighted by Gasteiger charge is -2.40. The standard InChI is InChI=1S/C26H27ClFN5O2/c27-21-8-2-1-6-19(21)17-30-25(34)26(35)31-18-24(20-7-5-11-29-16-20)33-14-12-32(13-15-33)23-10-4-3-9-22(23)28/h1-11,16,24H,12-15,17-18H2,(H,30,34)(H,31,35). The first kappa shape index (κ1) is 24.6. The first-order chi connectivity index (χ1) is 17.0. The number of piperazine rings is 1. The van der Waals surface area contributed by atoms with E-state index in [9.17, 15) is 14.0 Å². The molecule has 9 heteroatoms. The van der Waals surface area contributed by atoms with Gasteiger partial charge < -0.3 is 15.5 Å². The number of carbonyl (C=O) groups excluding carboxylic acids is 2. The number of nitrogens with one attached hydrogen (secondary N) is 2. The van der Waals surface area contributed by atoms with Gasteiger partial charge in [-0.15, -0.1) is 0 Å². The fourth-order valence-corrected chi connectivity index (χ4v) is 4.38. The Morgan fingerprint density at radius 1 is 0.943 bits per heavy atom. The largest absolute Gasteiger partial charge is 0.367 e. The average molecular weight is 496 g/mol. The maximum atomic E-state index is 14.2. The Kier molecular flexibility index (Phi) is 8.28. The van der Waals surface area contributed by atoms with E-state index in [4.69, 9.17) is 11.6 Å². The first-order valence-corrected chi connectivity index (χ1v) is 11.8. The molecular weight excluding hydrogens is 469 g/mol. The van der Waals surface area contributed by atoms with E-state index in [-0.39, 0.29) is 24.9 Å². The van der Waals surface area contributed by atoms with E-state index in [1.165, 1.54) is 6.07 Å². The zero-order valence-electron chi connectivity index (χ0n) is 19.2. The minimum atomic E-state index is -0.723. The molecule has 1 saturated heterocycles. The second-order valence-electron chi connectivity index (χ2n) is 8.26. The van der Waals surface area contributed by atoms with E-state index >= 15 is 0 Å². The Bertz CT molecular complexity index is 1160. The molecule has 7 nitrogen and oxygen atoms in total. The van der Waals surface area contributed by atoms with Crippen LogP contribution in [-0.4, -0.2) is 54.4 Å². The molecule has 1 fully saturated rings. The molecule has 1 aromatic heterocycles. The summed E-state index contributed by atoms with van der Waals surface area (Å²) in [5, 5.41) is 5.89. The number of anilines is 1. The molecule has 0 radical (unpaired) electrons. The van der Waals surface area contributed by atoms with Crippen LogP contribution in [-0.2, 0) is 16.1 Å². The molecule has 2 heterocycles. The number of pyridine rings is 1. The van der Waals surface area contributed by atoms with Crippen LogP contribution in [0.5, 0.6) is 0 Å². The topological polar surface area (TPSA) is 77.6 Å². The quantitative estimate of drug-likeness (QED) is 0.492. The van der Waals surface area contributed by atoms with Crippen molar-refractivity contribution in [3.63, 3.8) is 0 Å². The van der Waals surface area contributed by atoms with E-state index in [2.05, 4.69) is 20.5 Å². The summed E-state index contributed by atoms with van der Waals surface area (Å²) < 4.78 is 14.2. The Morgan fingerprint density at radius 2 is 1.66 bits per heavy atom. The van der Waals surface area contributed by atoms with Crippen molar-refractivity contribution in [2.45, 2.75) is 12.6 Å². The van der Waals surface area contributed by atoms with E-state index in [1.807, 2.05) is 29.2 Å². The third-order valence-corrected chi connectivity index (χ3v) is 6.45. The summed E-state index contributed by atoms with van der Waals surface area (Å²) in [5.74, 6) is -1.67. The van der Waals surface area contributed by atoms with Gasteiger partial charge in [-0.2, -0.15) is 0 Å². The van der Waals surface area contributed by atoms with Gasteiger partial charge in [0, 0.05) is 56.7 Å². The van der Waals surface area contributed by atoms with Crippen LogP contribution >= 0.6 is 11.6 Å². The molecule has 0 spiro atoms. The molecular formula is C26H27ClFN5O2. The fourth-order valence-electron chi connectivity index (χ4n) is 4.18. The highest BCUT2D eigenvalue weighted by Crippen LogP contribution is 2.25. The van der Waals surface area contributed by atoms with Crippen LogP contribution in [0.25, 0.3) is 0 Å². The van der Waals surface area contributed by atoms with Gasteiger partial charge >= 0.3 is 11.8 Å². The van der Waals surface area contributed by atoms with E-state index in [1.54, 1.807) is 42.7 Å². The molecule has 2 N–H and O–H groups in total. The van der Waals surface area contributed by atoms with Crippen LogP contribution in [0.4, 0.5) is 10.1 Å². The monoisotopic (exact) mass is 495 g/mol. The third kappa shape index (κ3) is 6.35. The van der Waals surface area contributed by atoms with Gasteiger partial charge in [0.05, 0.1) is 11.7 Å². The Morgan fingerprint density at radius 3 is 2.37 bits per heavy atom. The van der Waals surface area contributed by atoms with Gasteiger partial charge in [-0.1, -0.05) is 48.0 Å². The van der Waals surface area contributed by atoms with E-state index < -0.39 is 11.8 Å². The lowest BCUT2D eigenvalue weighted by Crippen LogP contribution is -2.51. The van der Waals surface area contributed by atoms with E-state index in [0.717, 1.165) is 11.1 Å². The predicted molar refractivity (Wildman–Crippen MR) is 133 cm³/mol. The van der Waals surface area contributed by atoms with Crippen LogP contribution < -0.4 is 15.5 Å². The summed E-state index contributed by atoms with van der Waals surface area (Å²) in [7, 11) is 0. The Hall–Kier alpha value is -3.49. The normalized spacial score (nSPS) is 14.9. The maximum Gasteiger partial charge on any atom is 0.309 e. The molecule has 4 rings (SSSR count). The molecule has 35 heavy (non-hydrogen) atoms. The molecule has 1 atom stereocenters. The summed E-state index contributed by atoms with van der Waals surface area (Å²) in [5.41, 5.74) is 2.26. The summed E-state index contributed by atoms with van der Waals surface area (Å²) in [6.07, 6.45) is 3.45. The third-order valence-electron chi connectivity index (χ3n) is 6.08. The number of carbonyl (C=O) groups is 2. The van der Waals surface area contributed by atoms with Gasteiger partial charge in [0.1, 0.15) is 5.82 Å². The smallest absolute Gasteiger partial charge is 0.309 e. The minimum Gasteiger partial charge on any atom is -0.367 e. The average Bonchev–Trinajstić information content (AvgIpc) is 2.89. The number of benzene rings is 2. The highest BCUT2D eigenvalue weighted by Gasteiger charge is 2.27. The van der Waals surface area contributed by atoms with Crippen LogP contribution in [0.15, 0.2) is 73.1 Å². The number of hydrogen-bond donors (Lipinski definition) is 2. The summed E-state index contributed by atoms with van der Waals surface area (Å²) in [6.45, 7) is 3.03. The van der Waals surface area contributed by atoms with Crippen LogP contribution in [0, 0.1) is 5.82 Å². The van der Waals surface area contributed by atoms with Crippen molar-refractivity contribution >= 4 is 29.1 Å². The molecule has 0 saturated carbocycles. The SMILES string of the molecule is O=C(NCc1ccccc1Cl)C(=O)NCC(c1cccnc1)N1CCN(c2ccccc2F)CC1. The highest BCUT2D eigenvalue weighted by molar-refractivity contribution is 6.35. The number of amides is 2. The molecule has 182 valence electrons. The van der Waals surface area contributed by atoms with Crippen molar-refractivity contribution in [2.24, 2.45) is 0 Å². The zero-order chi connectivity index (χ0) is 24.6. The fraction of sp³-hybridized carbons (Fsp3) is 0.269. The molecule has 2 aromatic carbocycles. The molecule has 2 amide bonds. The predicted octanol–water partition coefficient (Wildman–Crippen LogP) is 3.17. The Balaban J connectivity index is 1.36. The van der Waals surface area contributed by atoms with Gasteiger partial charge in [-0.05, 0) is 35.4 Å². The second kappa shape index (κ2) is 11.8. The number of rotatable bonds is 7. The van der Waals surface area contributed by atoms with Gasteiger partial charge in [0.2, 0.25) is 0 Å². The number of para-hydroxylation sites is 1. The number of nitrogens with zero attached hydrogens (tertiary/aromatic N) is 3. The molecule has 0 aliphatic carbocycles. The highest BCUT2D eigenvalue weighted by atomic mass is 35.5. The minimum absolute atomic E-state index is 0.163. The van der Waals surface area contributed by atoms with Gasteiger partial charge in [0.15, 0.2) is 0 Å². The van der Waals surface area contributed by atoms with Crippen molar-refractivity contribution in [2.75, 3.05) is 37.6 Å². The van der Waals surface area contributed by atoms with Crippen molar-refractivity contribution in [3.05, 3.63) is 95.0 Å². The number of aromatic nitrogens is 1. The Labute approximate surface area is 208 Å². The second-order valence-corrected chi connectivity index (χ2v) is 8.67. The van der Waals surface area contributed by atoms with Crippen molar-refractivity contribution in [1.82, 2.24) is 20.5 Å². The van der Waals surface area contributed by atoms with Crippen LogP contribution in [0.2, 0.25) is 5.02 Å². The van der Waals surface area contributed by atoms with Crippen molar-refractivity contribution in [3.8, 4) is 0 Å². The summed E-state index contributed by atoms with van der Waals surface area (Å²) >= 11 is 6.11. The first-order valence-electron chi connectivity index (χ1n) is 11.5. The molecule has 0 bridgehead atoms. The molecule has 1 aliphatic rings. The van der Waals surface area contributed by atoms with E-state index in [0.29, 0.717) is 36.9 Å². The molecule has 1 unspecified atom stereocenters. The number of halogens is 2. The number of hydrogen-bond acceptors (Lipinski definition) is 5. The van der Waals surface area contributed by atoms with Gasteiger partial charge in [-0.3, -0.25) is 19.5 Å². The lowest BCUT2D eigenvalue weighted by molar-refractivity contribution is -0.139. The van der Waals surface area contributed by atoms with Crippen LogP contribution in [0.1, 0.15) is 17.2 Å². The van der Waals surface area contributed by atoms with Crippen LogP contribution in [0.3, 0.4) is 0 Å². The lowest BCUT2D eigenvalue weighted by atomic mass is 10.1. The molecule has 3 aromatic rings. The summed E-state index contributed by atoms with van der Waals surface area (Å²) in [6, 6.07) is 17.5.